The smallest absolute Gasteiger partial charge is 0.330 e. The average molecular weight is 246 g/mol. The number of ketones is 1. The zero-order valence-corrected chi connectivity index (χ0v) is 10.2. The minimum absolute atomic E-state index is 0.0495. The van der Waals surface area contributed by atoms with E-state index in [1.807, 2.05) is 0 Å². The Labute approximate surface area is 99.9 Å². The molecule has 0 aliphatic carbocycles. The number of hydrogen-bond donors (Lipinski definition) is 2. The number of aliphatic hydroxyl groups excluding tert-OH is 1. The van der Waals surface area contributed by atoms with Crippen LogP contribution >= 0.6 is 0 Å². The monoisotopic (exact) mass is 246 g/mol. The van der Waals surface area contributed by atoms with Crippen molar-refractivity contribution in [1.29, 1.82) is 0 Å². The molecule has 0 rings (SSSR count). The van der Waals surface area contributed by atoms with E-state index in [2.05, 4.69) is 11.3 Å². The molecule has 6 heteroatoms. The first-order valence-corrected chi connectivity index (χ1v) is 4.88. The summed E-state index contributed by atoms with van der Waals surface area (Å²) in [6, 6.07) is 0. The van der Waals surface area contributed by atoms with Crippen LogP contribution in [0.5, 0.6) is 0 Å². The van der Waals surface area contributed by atoms with Crippen LogP contribution in [0.2, 0.25) is 0 Å². The molecule has 98 valence electrons. The molecule has 0 aliphatic rings. The van der Waals surface area contributed by atoms with Gasteiger partial charge in [0.2, 0.25) is 0 Å². The van der Waals surface area contributed by atoms with Gasteiger partial charge in [0, 0.05) is 5.57 Å². The van der Waals surface area contributed by atoms with Crippen molar-refractivity contribution >= 4 is 17.7 Å². The van der Waals surface area contributed by atoms with Gasteiger partial charge in [0.1, 0.15) is 18.8 Å². The van der Waals surface area contributed by atoms with Crippen molar-refractivity contribution < 1.29 is 29.3 Å². The molecule has 17 heavy (non-hydrogen) atoms. The molecular weight excluding hydrogens is 228 g/mol. The minimum Gasteiger partial charge on any atom is -0.478 e. The zero-order valence-electron chi connectivity index (χ0n) is 10.2. The van der Waals surface area contributed by atoms with Crippen molar-refractivity contribution in [2.24, 2.45) is 0 Å². The van der Waals surface area contributed by atoms with Gasteiger partial charge in [-0.15, -0.1) is 0 Å². The normalized spacial score (nSPS) is 10.6. The van der Waals surface area contributed by atoms with Crippen molar-refractivity contribution in [3.63, 3.8) is 0 Å². The third-order valence-corrected chi connectivity index (χ3v) is 1.24. The summed E-state index contributed by atoms with van der Waals surface area (Å²) in [5.41, 5.74) is 0.176. The molecule has 0 bridgehead atoms. The first-order chi connectivity index (χ1) is 7.66. The number of rotatable bonds is 5. The van der Waals surface area contributed by atoms with Crippen LogP contribution in [0.15, 0.2) is 12.2 Å². The van der Waals surface area contributed by atoms with Gasteiger partial charge in [-0.05, 0) is 20.8 Å². The number of hydrogen-bond acceptors (Lipinski definition) is 5. The van der Waals surface area contributed by atoms with Gasteiger partial charge in [0.05, 0.1) is 6.10 Å². The first kappa shape index (κ1) is 17.7. The number of carboxylic acid groups (broad SMARTS) is 1. The second kappa shape index (κ2) is 9.53. The van der Waals surface area contributed by atoms with Crippen molar-refractivity contribution in [2.45, 2.75) is 33.3 Å². The predicted molar refractivity (Wildman–Crippen MR) is 60.4 cm³/mol. The van der Waals surface area contributed by atoms with Crippen molar-refractivity contribution in [3.8, 4) is 0 Å². The summed E-state index contributed by atoms with van der Waals surface area (Å²) < 4.78 is 4.50. The zero-order chi connectivity index (χ0) is 14.0. The standard InChI is InChI=1S/C7H12O4.C4H6O2/c1-5(8)3-7(10)11-4-6(2)9;1-3(2)4(5)6/h6,9H,3-4H2,1-2H3;1H2,2H3,(H,5,6). The van der Waals surface area contributed by atoms with E-state index in [-0.39, 0.29) is 24.4 Å². The largest absolute Gasteiger partial charge is 0.478 e. The molecule has 0 amide bonds. The quantitative estimate of drug-likeness (QED) is 0.417. The molecule has 0 aromatic carbocycles. The maximum absolute atomic E-state index is 10.6. The van der Waals surface area contributed by atoms with Crippen molar-refractivity contribution in [2.75, 3.05) is 6.61 Å². The third-order valence-electron chi connectivity index (χ3n) is 1.24. The van der Waals surface area contributed by atoms with Crippen LogP contribution in [-0.2, 0) is 19.1 Å². The number of carbonyl (C=O) groups is 3. The summed E-state index contributed by atoms with van der Waals surface area (Å²) in [4.78, 5) is 30.5. The second-order valence-corrected chi connectivity index (χ2v) is 3.50. The fourth-order valence-electron chi connectivity index (χ4n) is 0.468. The van der Waals surface area contributed by atoms with E-state index in [9.17, 15) is 14.4 Å². The van der Waals surface area contributed by atoms with E-state index >= 15 is 0 Å². The Hall–Kier alpha value is -1.69. The summed E-state index contributed by atoms with van der Waals surface area (Å²) in [5, 5.41) is 16.6. The molecule has 0 saturated carbocycles. The predicted octanol–water partition coefficient (Wildman–Crippen LogP) is 0.537. The molecule has 0 saturated heterocycles. The molecule has 1 atom stereocenters. The Morgan fingerprint density at radius 2 is 1.71 bits per heavy atom. The second-order valence-electron chi connectivity index (χ2n) is 3.50. The number of carboxylic acids is 1. The van der Waals surface area contributed by atoms with Crippen LogP contribution in [0.25, 0.3) is 0 Å². The van der Waals surface area contributed by atoms with E-state index in [1.165, 1.54) is 20.8 Å². The van der Waals surface area contributed by atoms with E-state index < -0.39 is 18.0 Å². The SMILES string of the molecule is C=C(C)C(=O)O.CC(=O)CC(=O)OCC(C)O. The highest BCUT2D eigenvalue weighted by molar-refractivity contribution is 5.94. The molecular formula is C11H18O6. The molecule has 0 aliphatic heterocycles. The fourth-order valence-corrected chi connectivity index (χ4v) is 0.468. The maximum atomic E-state index is 10.6. The van der Waals surface area contributed by atoms with Crippen LogP contribution in [0.4, 0.5) is 0 Å². The summed E-state index contributed by atoms with van der Waals surface area (Å²) in [5.74, 6) is -1.76. The summed E-state index contributed by atoms with van der Waals surface area (Å²) in [7, 11) is 0. The fraction of sp³-hybridized carbons (Fsp3) is 0.545. The van der Waals surface area contributed by atoms with Crippen molar-refractivity contribution in [3.05, 3.63) is 12.2 Å². The van der Waals surface area contributed by atoms with Crippen molar-refractivity contribution in [1.82, 2.24) is 0 Å². The molecule has 2 N–H and O–H groups in total. The molecule has 0 aromatic rings. The average Bonchev–Trinajstić information content (AvgIpc) is 2.14. The maximum Gasteiger partial charge on any atom is 0.330 e. The van der Waals surface area contributed by atoms with Crippen LogP contribution in [-0.4, -0.2) is 40.6 Å². The number of ether oxygens (including phenoxy) is 1. The topological polar surface area (TPSA) is 101 Å². The van der Waals surface area contributed by atoms with Gasteiger partial charge in [-0.3, -0.25) is 9.59 Å². The molecule has 1 unspecified atom stereocenters. The van der Waals surface area contributed by atoms with Crippen LogP contribution in [0.1, 0.15) is 27.2 Å². The Morgan fingerprint density at radius 1 is 1.29 bits per heavy atom. The summed E-state index contributed by atoms with van der Waals surface area (Å²) in [6.45, 7) is 7.36. The lowest BCUT2D eigenvalue weighted by molar-refractivity contribution is -0.148. The Morgan fingerprint density at radius 3 is 1.94 bits per heavy atom. The molecule has 0 spiro atoms. The lowest BCUT2D eigenvalue weighted by atomic mass is 10.3. The van der Waals surface area contributed by atoms with E-state index in [0.29, 0.717) is 0 Å². The lowest BCUT2D eigenvalue weighted by Crippen LogP contribution is -2.16. The molecule has 6 nitrogen and oxygen atoms in total. The van der Waals surface area contributed by atoms with Gasteiger partial charge >= 0.3 is 11.9 Å². The van der Waals surface area contributed by atoms with E-state index in [1.54, 1.807) is 0 Å². The van der Waals surface area contributed by atoms with Gasteiger partial charge in [-0.25, -0.2) is 4.79 Å². The molecule has 0 radical (unpaired) electrons. The third kappa shape index (κ3) is 17.0. The van der Waals surface area contributed by atoms with E-state index in [0.717, 1.165) is 0 Å². The summed E-state index contributed by atoms with van der Waals surface area (Å²) >= 11 is 0. The van der Waals surface area contributed by atoms with Gasteiger partial charge < -0.3 is 14.9 Å². The number of aliphatic hydroxyl groups is 1. The van der Waals surface area contributed by atoms with Gasteiger partial charge in [0.15, 0.2) is 0 Å². The van der Waals surface area contributed by atoms with Gasteiger partial charge in [0.25, 0.3) is 0 Å². The first-order valence-electron chi connectivity index (χ1n) is 4.88. The minimum atomic E-state index is -0.935. The highest BCUT2D eigenvalue weighted by Gasteiger charge is 2.06. The van der Waals surface area contributed by atoms with Crippen LogP contribution in [0, 0.1) is 0 Å². The number of carbonyl (C=O) groups excluding carboxylic acids is 2. The van der Waals surface area contributed by atoms with Gasteiger partial charge in [-0.1, -0.05) is 6.58 Å². The Bertz CT molecular complexity index is 280. The Kier molecular flexibility index (Phi) is 9.92. The molecule has 0 aromatic heterocycles. The summed E-state index contributed by atoms with van der Waals surface area (Å²) in [6.07, 6.45) is -0.891. The highest BCUT2D eigenvalue weighted by Crippen LogP contribution is 1.89. The number of Topliss-reactive ketones (excluding diaryl/α,β-unsaturated/α-hetero) is 1. The van der Waals surface area contributed by atoms with Crippen LogP contribution < -0.4 is 0 Å². The van der Waals surface area contributed by atoms with Gasteiger partial charge in [-0.2, -0.15) is 0 Å². The number of esters is 1. The number of aliphatic carboxylic acids is 1. The molecule has 0 fully saturated rings. The highest BCUT2D eigenvalue weighted by atomic mass is 16.5. The van der Waals surface area contributed by atoms with Crippen LogP contribution in [0.3, 0.4) is 0 Å². The Balaban J connectivity index is 0. The lowest BCUT2D eigenvalue weighted by Gasteiger charge is -2.04. The molecule has 0 heterocycles. The van der Waals surface area contributed by atoms with E-state index in [4.69, 9.17) is 10.2 Å².